The molecule has 0 aliphatic carbocycles. The second kappa shape index (κ2) is 15.1. The molecule has 0 spiro atoms. The molecule has 136 valence electrons. The smallest absolute Gasteiger partial charge is 0.548 e. The number of aliphatic imine (C=N–C) groups is 1. The average Bonchev–Trinajstić information content (AvgIpc) is 2.57. The molecule has 2 aromatic rings. The first-order chi connectivity index (χ1) is 11.8. The predicted molar refractivity (Wildman–Crippen MR) is 91.4 cm³/mol. The summed E-state index contributed by atoms with van der Waals surface area (Å²) in [7, 11) is 0. The molecule has 0 unspecified atom stereocenters. The Morgan fingerprint density at radius 3 is 1.69 bits per heavy atom. The van der Waals surface area contributed by atoms with Crippen LogP contribution in [0.25, 0.3) is 0 Å². The Hall–Kier alpha value is -0.994. The van der Waals surface area contributed by atoms with Gasteiger partial charge in [-0.05, 0) is 6.92 Å². The van der Waals surface area contributed by atoms with Crippen LogP contribution in [0.5, 0.6) is 0 Å². The van der Waals surface area contributed by atoms with Crippen molar-refractivity contribution in [2.75, 3.05) is 6.54 Å². The summed E-state index contributed by atoms with van der Waals surface area (Å²) >= 11 is 0. The molecule has 0 N–H and O–H groups in total. The second-order valence-corrected chi connectivity index (χ2v) is 4.56. The zero-order valence-corrected chi connectivity index (χ0v) is 18.5. The Balaban J connectivity index is 0. The molecule has 2 rings (SSSR count). The summed E-state index contributed by atoms with van der Waals surface area (Å²) < 4.78 is 37.5. The van der Waals surface area contributed by atoms with Gasteiger partial charge < -0.3 is 9.90 Å². The minimum atomic E-state index is -4.68. The molecular formula is C19H21F3KNO2. The molecule has 0 saturated carbocycles. The molecule has 3 nitrogen and oxygen atoms in total. The van der Waals surface area contributed by atoms with E-state index in [1.807, 2.05) is 32.0 Å². The van der Waals surface area contributed by atoms with Crippen LogP contribution in [0, 0.1) is 6.92 Å². The Morgan fingerprint density at radius 2 is 1.38 bits per heavy atom. The number of aliphatic carboxylic acids is 1. The van der Waals surface area contributed by atoms with Gasteiger partial charge in [0.05, 0.1) is 12.5 Å². The van der Waals surface area contributed by atoms with Crippen molar-refractivity contribution in [3.05, 3.63) is 71.8 Å². The Bertz CT molecular complexity index is 645. The molecule has 0 atom stereocenters. The van der Waals surface area contributed by atoms with Crippen LogP contribution in [0.4, 0.5) is 13.2 Å². The van der Waals surface area contributed by atoms with Crippen molar-refractivity contribution in [3.63, 3.8) is 0 Å². The maximum atomic E-state index is 12.5. The molecule has 26 heavy (non-hydrogen) atoms. The van der Waals surface area contributed by atoms with Gasteiger partial charge in [0.15, 0.2) is 0 Å². The second-order valence-electron chi connectivity index (χ2n) is 4.56. The van der Waals surface area contributed by atoms with E-state index in [4.69, 9.17) is 0 Å². The van der Waals surface area contributed by atoms with Crippen LogP contribution in [0.2, 0.25) is 0 Å². The fraction of sp³-hybridized carbons (Fsp3) is 0.263. The van der Waals surface area contributed by atoms with E-state index in [0.29, 0.717) is 0 Å². The monoisotopic (exact) mass is 391 g/mol. The standard InChI is InChI=1S/C10H8F3NO2.C7H8.C2H6.K/c11-10(12,13)9(14-6-8(15)16)7-4-2-1-3-5-7;1-7-5-3-2-4-6-7;1-2;/h1-5H,6H2,(H,15,16);2-6H,1H3;1-2H3;/q;;;+1/p-1. The quantitative estimate of drug-likeness (QED) is 0.575. The number of benzene rings is 2. The van der Waals surface area contributed by atoms with Crippen LogP contribution in [-0.4, -0.2) is 24.4 Å². The maximum Gasteiger partial charge on any atom is 1.00 e. The SMILES string of the molecule is CC.Cc1ccccc1.O=C([O-])CN=C(c1ccccc1)C(F)(F)F.[K+]. The third-order valence-corrected chi connectivity index (χ3v) is 2.62. The van der Waals surface area contributed by atoms with Crippen molar-refractivity contribution in [1.29, 1.82) is 0 Å². The van der Waals surface area contributed by atoms with Gasteiger partial charge in [-0.25, -0.2) is 0 Å². The van der Waals surface area contributed by atoms with Crippen molar-refractivity contribution in [3.8, 4) is 0 Å². The van der Waals surface area contributed by atoms with Crippen molar-refractivity contribution in [2.24, 2.45) is 4.99 Å². The zero-order chi connectivity index (χ0) is 19.3. The fourth-order valence-corrected chi connectivity index (χ4v) is 1.62. The van der Waals surface area contributed by atoms with Crippen LogP contribution < -0.4 is 56.5 Å². The van der Waals surface area contributed by atoms with E-state index in [9.17, 15) is 23.1 Å². The number of carbonyl (C=O) groups is 1. The number of alkyl halides is 3. The summed E-state index contributed by atoms with van der Waals surface area (Å²) in [4.78, 5) is 13.1. The molecule has 0 aromatic heterocycles. The van der Waals surface area contributed by atoms with Gasteiger partial charge in [-0.1, -0.05) is 80.1 Å². The molecule has 0 heterocycles. The first-order valence-electron chi connectivity index (χ1n) is 7.69. The molecule has 0 bridgehead atoms. The minimum absolute atomic E-state index is 0. The van der Waals surface area contributed by atoms with Crippen LogP contribution in [0.15, 0.2) is 65.7 Å². The van der Waals surface area contributed by atoms with Crippen LogP contribution in [-0.2, 0) is 4.79 Å². The van der Waals surface area contributed by atoms with Crippen molar-refractivity contribution in [1.82, 2.24) is 0 Å². The Kier molecular flexibility index (Phi) is 15.8. The van der Waals surface area contributed by atoms with E-state index < -0.39 is 24.4 Å². The number of carboxylic acids is 1. The predicted octanol–water partition coefficient (Wildman–Crippen LogP) is 0.813. The topological polar surface area (TPSA) is 52.5 Å². The molecule has 0 radical (unpaired) electrons. The molecule has 0 aliphatic rings. The van der Waals surface area contributed by atoms with E-state index >= 15 is 0 Å². The largest absolute Gasteiger partial charge is 1.00 e. The van der Waals surface area contributed by atoms with Crippen molar-refractivity contribution < 1.29 is 74.5 Å². The molecule has 7 heteroatoms. The number of carboxylic acid groups (broad SMARTS) is 1. The third kappa shape index (κ3) is 12.4. The van der Waals surface area contributed by atoms with Gasteiger partial charge >= 0.3 is 57.6 Å². The van der Waals surface area contributed by atoms with Gasteiger partial charge in [-0.3, -0.25) is 4.99 Å². The van der Waals surface area contributed by atoms with E-state index in [2.05, 4.69) is 24.0 Å². The average molecular weight is 391 g/mol. The summed E-state index contributed by atoms with van der Waals surface area (Å²) in [6, 6.07) is 17.1. The first-order valence-corrected chi connectivity index (χ1v) is 7.69. The van der Waals surface area contributed by atoms with Gasteiger partial charge in [0.2, 0.25) is 0 Å². The summed E-state index contributed by atoms with van der Waals surface area (Å²) in [6.07, 6.45) is -4.68. The van der Waals surface area contributed by atoms with Crippen molar-refractivity contribution in [2.45, 2.75) is 26.9 Å². The molecule has 0 aliphatic heterocycles. The number of hydrogen-bond donors (Lipinski definition) is 0. The molecule has 0 fully saturated rings. The van der Waals surface area contributed by atoms with Crippen molar-refractivity contribution >= 4 is 11.7 Å². The summed E-state index contributed by atoms with van der Waals surface area (Å²) in [5.74, 6) is -1.65. The molecule has 2 aromatic carbocycles. The minimum Gasteiger partial charge on any atom is -0.548 e. The van der Waals surface area contributed by atoms with Gasteiger partial charge in [0, 0.05) is 5.56 Å². The first kappa shape index (κ1) is 27.2. The number of carbonyl (C=O) groups excluding carboxylic acids is 1. The van der Waals surface area contributed by atoms with E-state index in [-0.39, 0.29) is 56.9 Å². The summed E-state index contributed by atoms with van der Waals surface area (Å²) in [5, 5.41) is 10.1. The number of hydrogen-bond acceptors (Lipinski definition) is 3. The van der Waals surface area contributed by atoms with Crippen LogP contribution >= 0.6 is 0 Å². The van der Waals surface area contributed by atoms with E-state index in [1.165, 1.54) is 29.8 Å². The van der Waals surface area contributed by atoms with Crippen LogP contribution in [0.1, 0.15) is 25.0 Å². The molecule has 0 saturated heterocycles. The van der Waals surface area contributed by atoms with Gasteiger partial charge in [0.1, 0.15) is 5.71 Å². The summed E-state index contributed by atoms with van der Waals surface area (Å²) in [6.45, 7) is 5.07. The molecular weight excluding hydrogens is 370 g/mol. The number of nitrogens with zero attached hydrogens (tertiary/aromatic N) is 1. The van der Waals surface area contributed by atoms with Gasteiger partial charge in [-0.15, -0.1) is 0 Å². The Morgan fingerprint density at radius 1 is 0.962 bits per heavy atom. The van der Waals surface area contributed by atoms with E-state index in [0.717, 1.165) is 0 Å². The van der Waals surface area contributed by atoms with E-state index in [1.54, 1.807) is 6.07 Å². The number of halogens is 3. The maximum absolute atomic E-state index is 12.5. The normalized spacial score (nSPS) is 10.3. The zero-order valence-electron chi connectivity index (χ0n) is 15.4. The Labute approximate surface area is 194 Å². The fourth-order valence-electron chi connectivity index (χ4n) is 1.62. The summed E-state index contributed by atoms with van der Waals surface area (Å²) in [5.41, 5.74) is -0.0592. The third-order valence-electron chi connectivity index (χ3n) is 2.62. The molecule has 0 amide bonds. The number of rotatable bonds is 3. The van der Waals surface area contributed by atoms with Gasteiger partial charge in [-0.2, -0.15) is 13.2 Å². The van der Waals surface area contributed by atoms with Crippen LogP contribution in [0.3, 0.4) is 0 Å². The number of aryl methyl sites for hydroxylation is 1. The van der Waals surface area contributed by atoms with Gasteiger partial charge in [0.25, 0.3) is 0 Å².